The molecule has 1 aliphatic heterocycles. The number of primary amides is 1. The second-order valence-electron chi connectivity index (χ2n) is 16.1. The molecule has 65 heavy (non-hydrogen) atoms. The largest absolute Gasteiger partial charge is 0.370 e. The highest BCUT2D eigenvalue weighted by atomic mass is 32.2. The van der Waals surface area contributed by atoms with Gasteiger partial charge in [0.2, 0.25) is 47.3 Å². The molecule has 0 bridgehead atoms. The average molecular weight is 920 g/mol. The molecule has 19 nitrogen and oxygen atoms in total. The van der Waals surface area contributed by atoms with E-state index in [1.54, 1.807) is 60.7 Å². The third-order valence-electron chi connectivity index (χ3n) is 10.2. The fourth-order valence-corrected chi connectivity index (χ4v) is 7.33. The third-order valence-corrected chi connectivity index (χ3v) is 10.8. The van der Waals surface area contributed by atoms with Gasteiger partial charge in [-0.05, 0) is 54.7 Å². The van der Waals surface area contributed by atoms with E-state index in [2.05, 4.69) is 36.9 Å². The summed E-state index contributed by atoms with van der Waals surface area (Å²) in [5.41, 5.74) is 17.9. The Morgan fingerprint density at radius 2 is 1.37 bits per heavy atom. The first-order valence-corrected chi connectivity index (χ1v) is 23.1. The lowest BCUT2D eigenvalue weighted by molar-refractivity contribution is -0.140. The Hall–Kier alpha value is -6.44. The Morgan fingerprint density at radius 3 is 1.95 bits per heavy atom. The number of nitrogens with one attached hydrogen (secondary N) is 6. The molecule has 0 saturated heterocycles. The highest BCUT2D eigenvalue weighted by Gasteiger charge is 2.34. The van der Waals surface area contributed by atoms with Crippen LogP contribution in [0.2, 0.25) is 0 Å². The molecule has 354 valence electrons. The Bertz CT molecular complexity index is 1960. The van der Waals surface area contributed by atoms with Gasteiger partial charge in [0.25, 0.3) is 0 Å². The molecular weight excluding hydrogens is 855 g/mol. The Morgan fingerprint density at radius 1 is 0.785 bits per heavy atom. The molecule has 0 fully saturated rings. The standard InChI is InChI=1S/C45H65N11O8S/c1-29(2)25-34(42(62)53-32(40(46)60)20-24-65-3)52-39(59)28-56-23-22-49-37(57)18-10-11-19-38(58)51-33(17-12-21-50-45(47)48)41(61)54-35(26-30-13-6-4-7-14-30)43(63)55-36(44(56)64)27-31-15-8-5-9-16-31/h4-11,13-16,29,32-36H,12,17-28H2,1-3H3,(H2,46,60)(H,49,57)(H,51,58)(H,52,59)(H,53,62)(H,54,61)(H,55,63)(H4,47,48,50)/b11-10+/t32-,33?,34-,35?,36-/m0/s1. The number of carbonyl (C=O) groups excluding carboxylic acids is 8. The van der Waals surface area contributed by atoms with Crippen molar-refractivity contribution < 1.29 is 38.4 Å². The van der Waals surface area contributed by atoms with Crippen molar-refractivity contribution in [1.82, 2.24) is 36.8 Å². The molecule has 2 aromatic rings. The van der Waals surface area contributed by atoms with E-state index in [1.165, 1.54) is 28.8 Å². The van der Waals surface area contributed by atoms with Gasteiger partial charge < -0.3 is 54.0 Å². The summed E-state index contributed by atoms with van der Waals surface area (Å²) in [4.78, 5) is 114. The van der Waals surface area contributed by atoms with Crippen molar-refractivity contribution in [2.75, 3.05) is 38.2 Å². The summed E-state index contributed by atoms with van der Waals surface area (Å²) in [5.74, 6) is -4.73. The number of aliphatic imine (C=N–C) groups is 1. The van der Waals surface area contributed by atoms with Gasteiger partial charge >= 0.3 is 0 Å². The van der Waals surface area contributed by atoms with Crippen molar-refractivity contribution in [3.63, 3.8) is 0 Å². The first-order valence-electron chi connectivity index (χ1n) is 21.7. The third kappa shape index (κ3) is 20.3. The number of carbonyl (C=O) groups is 8. The first-order chi connectivity index (χ1) is 31.1. The van der Waals surface area contributed by atoms with Crippen LogP contribution in [-0.4, -0.2) is 127 Å². The summed E-state index contributed by atoms with van der Waals surface area (Å²) in [6.07, 6.45) is 5.42. The summed E-state index contributed by atoms with van der Waals surface area (Å²) in [5, 5.41) is 16.5. The van der Waals surface area contributed by atoms with Crippen LogP contribution in [0, 0.1) is 5.92 Å². The van der Waals surface area contributed by atoms with E-state index in [0.717, 1.165) is 0 Å². The molecule has 2 unspecified atom stereocenters. The van der Waals surface area contributed by atoms with Crippen LogP contribution in [0.5, 0.6) is 0 Å². The van der Waals surface area contributed by atoms with Gasteiger partial charge in [0.1, 0.15) is 30.2 Å². The van der Waals surface area contributed by atoms with Crippen molar-refractivity contribution >= 4 is 65.0 Å². The number of guanidine groups is 1. The minimum atomic E-state index is -1.30. The summed E-state index contributed by atoms with van der Waals surface area (Å²) < 4.78 is 0. The number of benzene rings is 2. The molecule has 5 atom stereocenters. The van der Waals surface area contributed by atoms with Crippen molar-refractivity contribution in [2.45, 2.75) is 95.4 Å². The highest BCUT2D eigenvalue weighted by Crippen LogP contribution is 2.12. The molecule has 0 radical (unpaired) electrons. The van der Waals surface area contributed by atoms with Crippen LogP contribution in [0.1, 0.15) is 63.5 Å². The van der Waals surface area contributed by atoms with Crippen molar-refractivity contribution in [3.8, 4) is 0 Å². The molecule has 12 N–H and O–H groups in total. The molecule has 0 spiro atoms. The minimum absolute atomic E-state index is 0.00735. The van der Waals surface area contributed by atoms with Crippen molar-refractivity contribution in [1.29, 1.82) is 0 Å². The minimum Gasteiger partial charge on any atom is -0.370 e. The predicted molar refractivity (Wildman–Crippen MR) is 249 cm³/mol. The quantitative estimate of drug-likeness (QED) is 0.0376. The highest BCUT2D eigenvalue weighted by molar-refractivity contribution is 7.98. The van der Waals surface area contributed by atoms with Crippen LogP contribution < -0.4 is 49.1 Å². The molecule has 1 aliphatic rings. The van der Waals surface area contributed by atoms with E-state index < -0.39 is 84.0 Å². The summed E-state index contributed by atoms with van der Waals surface area (Å²) in [7, 11) is 0. The van der Waals surface area contributed by atoms with E-state index in [1.807, 2.05) is 20.1 Å². The van der Waals surface area contributed by atoms with Gasteiger partial charge in [-0.1, -0.05) is 86.7 Å². The molecule has 0 aromatic heterocycles. The van der Waals surface area contributed by atoms with Crippen LogP contribution in [-0.2, 0) is 51.2 Å². The average Bonchev–Trinajstić information content (AvgIpc) is 3.26. The number of hydrogen-bond donors (Lipinski definition) is 9. The maximum Gasteiger partial charge on any atom is 0.246 e. The number of thioether (sulfide) groups is 1. The fraction of sp³-hybridized carbons (Fsp3) is 0.489. The Kier molecular flexibility index (Phi) is 23.1. The lowest BCUT2D eigenvalue weighted by Gasteiger charge is -2.30. The van der Waals surface area contributed by atoms with Gasteiger partial charge in [-0.2, -0.15) is 11.8 Å². The number of hydrogen-bond acceptors (Lipinski definition) is 10. The van der Waals surface area contributed by atoms with Crippen molar-refractivity contribution in [3.05, 3.63) is 83.9 Å². The molecule has 0 aliphatic carbocycles. The smallest absolute Gasteiger partial charge is 0.246 e. The van der Waals surface area contributed by atoms with E-state index in [-0.39, 0.29) is 76.5 Å². The number of amides is 8. The lowest BCUT2D eigenvalue weighted by Crippen LogP contribution is -2.59. The van der Waals surface area contributed by atoms with E-state index >= 15 is 0 Å². The number of nitrogens with zero attached hydrogens (tertiary/aromatic N) is 2. The summed E-state index contributed by atoms with van der Waals surface area (Å²) in [6.45, 7) is 3.02. The van der Waals surface area contributed by atoms with E-state index in [4.69, 9.17) is 17.2 Å². The monoisotopic (exact) mass is 919 g/mol. The maximum atomic E-state index is 14.8. The van der Waals surface area contributed by atoms with Crippen molar-refractivity contribution in [2.24, 2.45) is 28.1 Å². The van der Waals surface area contributed by atoms with Gasteiger partial charge in [-0.15, -0.1) is 0 Å². The second-order valence-corrected chi connectivity index (χ2v) is 17.0. The molecule has 2 aromatic carbocycles. The molecule has 20 heteroatoms. The van der Waals surface area contributed by atoms with Crippen LogP contribution in [0.25, 0.3) is 0 Å². The number of rotatable bonds is 19. The summed E-state index contributed by atoms with van der Waals surface area (Å²) in [6, 6.07) is 12.1. The number of nitrogens with two attached hydrogens (primary N) is 3. The topological polar surface area (TPSA) is 302 Å². The molecule has 1 heterocycles. The fourth-order valence-electron chi connectivity index (χ4n) is 6.86. The van der Waals surface area contributed by atoms with Gasteiger partial charge in [0.15, 0.2) is 5.96 Å². The zero-order chi connectivity index (χ0) is 47.7. The SMILES string of the molecule is CSCC[C@H](NC(=O)[C@H](CC(C)C)NC(=O)CN1CCNC(=O)C/C=C/CC(=O)NC(CCCN=C(N)N)C(=O)NC(Cc2ccccc2)C(=O)N[C@@H](Cc2ccccc2)C1=O)C(N)=O. The van der Waals surface area contributed by atoms with Gasteiger partial charge in [-0.25, -0.2) is 0 Å². The van der Waals surface area contributed by atoms with Crippen LogP contribution in [0.4, 0.5) is 0 Å². The maximum absolute atomic E-state index is 14.8. The Balaban J connectivity index is 2.04. The van der Waals surface area contributed by atoms with Crippen LogP contribution in [0.15, 0.2) is 77.8 Å². The molecule has 3 rings (SSSR count). The predicted octanol–water partition coefficient (Wildman–Crippen LogP) is -0.471. The zero-order valence-electron chi connectivity index (χ0n) is 37.4. The van der Waals surface area contributed by atoms with E-state index in [0.29, 0.717) is 23.3 Å². The normalized spacial score (nSPS) is 19.4. The van der Waals surface area contributed by atoms with Gasteiger partial charge in [-0.3, -0.25) is 43.3 Å². The lowest BCUT2D eigenvalue weighted by atomic mass is 10.0. The molecule has 0 saturated carbocycles. The molecule has 8 amide bonds. The molecular formula is C45H65N11O8S. The Labute approximate surface area is 384 Å². The summed E-state index contributed by atoms with van der Waals surface area (Å²) >= 11 is 1.48. The second kappa shape index (κ2) is 28.4. The van der Waals surface area contributed by atoms with Crippen LogP contribution in [0.3, 0.4) is 0 Å². The van der Waals surface area contributed by atoms with Gasteiger partial charge in [0.05, 0.1) is 6.54 Å². The first kappa shape index (κ1) is 52.9. The van der Waals surface area contributed by atoms with Crippen LogP contribution >= 0.6 is 11.8 Å². The zero-order valence-corrected chi connectivity index (χ0v) is 38.2. The van der Waals surface area contributed by atoms with E-state index in [9.17, 15) is 38.4 Å². The van der Waals surface area contributed by atoms with Gasteiger partial charge in [0, 0.05) is 45.3 Å².